The Kier molecular flexibility index (Phi) is 8.34. The third kappa shape index (κ3) is 5.57. The van der Waals surface area contributed by atoms with Gasteiger partial charge in [0.2, 0.25) is 0 Å². The second-order valence-corrected chi connectivity index (χ2v) is 7.27. The molecule has 1 aliphatic rings. The van der Waals surface area contributed by atoms with Gasteiger partial charge in [0, 0.05) is 38.7 Å². The second-order valence-electron chi connectivity index (χ2n) is 7.27. The summed E-state index contributed by atoms with van der Waals surface area (Å²) in [5.74, 6) is 0.866. The van der Waals surface area contributed by atoms with Crippen LogP contribution in [0.1, 0.15) is 44.0 Å². The molecule has 1 saturated carbocycles. The van der Waals surface area contributed by atoms with Crippen molar-refractivity contribution in [3.63, 3.8) is 0 Å². The largest absolute Gasteiger partial charge is 0.385 e. The number of aliphatic imine (C=N–C) groups is 1. The molecule has 2 N–H and O–H groups in total. The fourth-order valence-electron chi connectivity index (χ4n) is 3.56. The molecular formula is C20H32IN5O. The van der Waals surface area contributed by atoms with Crippen molar-refractivity contribution in [1.82, 2.24) is 20.0 Å². The highest BCUT2D eigenvalue weighted by molar-refractivity contribution is 14.0. The maximum atomic E-state index is 5.29. The fourth-order valence-corrected chi connectivity index (χ4v) is 3.56. The minimum Gasteiger partial charge on any atom is -0.385 e. The fraction of sp³-hybridized carbons (Fsp3) is 0.600. The third-order valence-electron chi connectivity index (χ3n) is 5.37. The van der Waals surface area contributed by atoms with E-state index in [0.717, 1.165) is 43.4 Å². The molecule has 0 unspecified atom stereocenters. The molecule has 0 atom stereocenters. The highest BCUT2D eigenvalue weighted by Crippen LogP contribution is 2.43. The lowest BCUT2D eigenvalue weighted by molar-refractivity contribution is 0.0732. The zero-order valence-electron chi connectivity index (χ0n) is 16.6. The molecule has 1 fully saturated rings. The van der Waals surface area contributed by atoms with Gasteiger partial charge in [0.1, 0.15) is 5.65 Å². The quantitative estimate of drug-likeness (QED) is 0.341. The summed E-state index contributed by atoms with van der Waals surface area (Å²) in [6.45, 7) is 7.38. The highest BCUT2D eigenvalue weighted by atomic mass is 127. The zero-order valence-corrected chi connectivity index (χ0v) is 19.0. The molecule has 0 aromatic carbocycles. The molecule has 7 heteroatoms. The van der Waals surface area contributed by atoms with Crippen LogP contribution in [0, 0.1) is 12.3 Å². The van der Waals surface area contributed by atoms with E-state index < -0.39 is 0 Å². The average molecular weight is 485 g/mol. The Balaban J connectivity index is 0.00000261. The number of ether oxygens (including phenoxy) is 1. The third-order valence-corrected chi connectivity index (χ3v) is 5.37. The van der Waals surface area contributed by atoms with Gasteiger partial charge in [0.05, 0.1) is 12.2 Å². The van der Waals surface area contributed by atoms with Gasteiger partial charge in [-0.05, 0) is 50.7 Å². The topological polar surface area (TPSA) is 63.0 Å². The van der Waals surface area contributed by atoms with E-state index in [-0.39, 0.29) is 24.0 Å². The van der Waals surface area contributed by atoms with Crippen LogP contribution in [-0.4, -0.2) is 42.2 Å². The van der Waals surface area contributed by atoms with Gasteiger partial charge in [-0.25, -0.2) is 9.98 Å². The molecule has 0 saturated heterocycles. The first kappa shape index (κ1) is 21.9. The van der Waals surface area contributed by atoms with Gasteiger partial charge in [-0.3, -0.25) is 0 Å². The first-order valence-corrected chi connectivity index (χ1v) is 9.60. The normalized spacial score (nSPS) is 15.9. The first-order chi connectivity index (χ1) is 12.7. The number of pyridine rings is 1. The summed E-state index contributed by atoms with van der Waals surface area (Å²) in [6.07, 6.45) is 7.05. The Bertz CT molecular complexity index is 754. The Morgan fingerprint density at radius 3 is 2.78 bits per heavy atom. The number of methoxy groups -OCH3 is 1. The predicted molar refractivity (Wildman–Crippen MR) is 121 cm³/mol. The van der Waals surface area contributed by atoms with Crippen LogP contribution >= 0.6 is 24.0 Å². The van der Waals surface area contributed by atoms with Gasteiger partial charge in [0.15, 0.2) is 5.96 Å². The van der Waals surface area contributed by atoms with Gasteiger partial charge in [-0.1, -0.05) is 12.5 Å². The number of aromatic nitrogens is 2. The van der Waals surface area contributed by atoms with E-state index in [1.165, 1.54) is 25.0 Å². The van der Waals surface area contributed by atoms with Gasteiger partial charge in [-0.15, -0.1) is 24.0 Å². The van der Waals surface area contributed by atoms with E-state index in [2.05, 4.69) is 46.1 Å². The van der Waals surface area contributed by atoms with E-state index in [1.54, 1.807) is 7.11 Å². The average Bonchev–Trinajstić information content (AvgIpc) is 3.03. The van der Waals surface area contributed by atoms with Crippen LogP contribution in [0.25, 0.3) is 5.65 Å². The van der Waals surface area contributed by atoms with Crippen molar-refractivity contribution in [1.29, 1.82) is 0 Å². The van der Waals surface area contributed by atoms with Crippen molar-refractivity contribution in [2.45, 2.75) is 46.1 Å². The monoisotopic (exact) mass is 485 g/mol. The highest BCUT2D eigenvalue weighted by Gasteiger charge is 2.36. The molecule has 27 heavy (non-hydrogen) atoms. The SMILES string of the molecule is CCNC(=NCc1cn2c(C)cccc2n1)NCC1(CCOC)CCC1.I. The van der Waals surface area contributed by atoms with Crippen molar-refractivity contribution >= 4 is 35.6 Å². The van der Waals surface area contributed by atoms with Crippen LogP contribution in [0.15, 0.2) is 29.4 Å². The summed E-state index contributed by atoms with van der Waals surface area (Å²) >= 11 is 0. The Morgan fingerprint density at radius 2 is 2.15 bits per heavy atom. The summed E-state index contributed by atoms with van der Waals surface area (Å²) in [7, 11) is 1.78. The molecule has 0 bridgehead atoms. The van der Waals surface area contributed by atoms with E-state index in [4.69, 9.17) is 9.73 Å². The van der Waals surface area contributed by atoms with Crippen LogP contribution < -0.4 is 10.6 Å². The number of hydrogen-bond donors (Lipinski definition) is 2. The van der Waals surface area contributed by atoms with E-state index in [1.807, 2.05) is 12.1 Å². The molecule has 0 radical (unpaired) electrons. The molecule has 2 aromatic rings. The molecule has 0 aliphatic heterocycles. The number of fused-ring (bicyclic) bond motifs is 1. The molecule has 0 amide bonds. The lowest BCUT2D eigenvalue weighted by atomic mass is 9.67. The Labute approximate surface area is 179 Å². The van der Waals surface area contributed by atoms with Crippen LogP contribution in [0.5, 0.6) is 0 Å². The number of nitrogens with one attached hydrogen (secondary N) is 2. The van der Waals surface area contributed by atoms with Gasteiger partial charge < -0.3 is 19.8 Å². The molecule has 2 aromatic heterocycles. The number of aryl methyl sites for hydroxylation is 1. The number of hydrogen-bond acceptors (Lipinski definition) is 3. The maximum absolute atomic E-state index is 5.29. The summed E-state index contributed by atoms with van der Waals surface area (Å²) in [5.41, 5.74) is 3.50. The van der Waals surface area contributed by atoms with Gasteiger partial charge >= 0.3 is 0 Å². The van der Waals surface area contributed by atoms with Crippen molar-refractivity contribution in [2.24, 2.45) is 10.4 Å². The number of nitrogens with zero attached hydrogens (tertiary/aromatic N) is 3. The molecule has 150 valence electrons. The van der Waals surface area contributed by atoms with Crippen LogP contribution in [0.4, 0.5) is 0 Å². The second kappa shape index (κ2) is 10.3. The van der Waals surface area contributed by atoms with Crippen molar-refractivity contribution in [3.8, 4) is 0 Å². The molecule has 6 nitrogen and oxygen atoms in total. The van der Waals surface area contributed by atoms with Crippen molar-refractivity contribution in [3.05, 3.63) is 35.8 Å². The van der Waals surface area contributed by atoms with Crippen LogP contribution in [0.2, 0.25) is 0 Å². The minimum atomic E-state index is 0. The van der Waals surface area contributed by atoms with Crippen LogP contribution in [0.3, 0.4) is 0 Å². The molecule has 3 rings (SSSR count). The summed E-state index contributed by atoms with van der Waals surface area (Å²) in [6, 6.07) is 6.15. The molecular weight excluding hydrogens is 453 g/mol. The smallest absolute Gasteiger partial charge is 0.191 e. The summed E-state index contributed by atoms with van der Waals surface area (Å²) in [4.78, 5) is 9.40. The predicted octanol–water partition coefficient (Wildman–Crippen LogP) is 3.52. The number of halogens is 1. The van der Waals surface area contributed by atoms with E-state index >= 15 is 0 Å². The standard InChI is InChI=1S/C20H31N5O.HI/c1-4-21-19(23-15-20(9-6-10-20)11-12-26-3)22-13-17-14-25-16(2)7-5-8-18(25)24-17;/h5,7-8,14H,4,6,9-13,15H2,1-3H3,(H2,21,22,23);1H. The molecule has 1 aliphatic carbocycles. The minimum absolute atomic E-state index is 0. The number of imidazole rings is 1. The van der Waals surface area contributed by atoms with E-state index in [9.17, 15) is 0 Å². The van der Waals surface area contributed by atoms with Gasteiger partial charge in [0.25, 0.3) is 0 Å². The lowest BCUT2D eigenvalue weighted by Gasteiger charge is -2.42. The van der Waals surface area contributed by atoms with Gasteiger partial charge in [-0.2, -0.15) is 0 Å². The Morgan fingerprint density at radius 1 is 1.33 bits per heavy atom. The number of guanidine groups is 1. The maximum Gasteiger partial charge on any atom is 0.191 e. The van der Waals surface area contributed by atoms with Crippen LogP contribution in [-0.2, 0) is 11.3 Å². The molecule has 2 heterocycles. The number of rotatable bonds is 8. The van der Waals surface area contributed by atoms with Crippen molar-refractivity contribution < 1.29 is 4.74 Å². The van der Waals surface area contributed by atoms with Crippen molar-refractivity contribution in [2.75, 3.05) is 26.8 Å². The van der Waals surface area contributed by atoms with E-state index in [0.29, 0.717) is 12.0 Å². The lowest BCUT2D eigenvalue weighted by Crippen LogP contribution is -2.46. The molecule has 0 spiro atoms. The summed E-state index contributed by atoms with van der Waals surface area (Å²) < 4.78 is 7.40. The summed E-state index contributed by atoms with van der Waals surface area (Å²) in [5, 5.41) is 6.88. The zero-order chi connectivity index (χ0) is 18.4. The Hall–Kier alpha value is -1.35. The first-order valence-electron chi connectivity index (χ1n) is 9.60.